The second-order valence-electron chi connectivity index (χ2n) is 6.74. The third-order valence-electron chi connectivity index (χ3n) is 4.91. The molecule has 0 bridgehead atoms. The number of aromatic nitrogens is 2. The highest BCUT2D eigenvalue weighted by molar-refractivity contribution is 6.30. The number of carbonyl (C=O) groups excluding carboxylic acids is 1. The number of hydrogen-bond donors (Lipinski definition) is 0. The molecule has 0 aliphatic heterocycles. The Labute approximate surface area is 152 Å². The number of Topliss-reactive ketones (excluding diaryl/α,β-unsaturated/α-hetero) is 1. The van der Waals surface area contributed by atoms with Gasteiger partial charge in [-0.25, -0.2) is 4.68 Å². The van der Waals surface area contributed by atoms with Crippen LogP contribution in [-0.4, -0.2) is 15.6 Å². The second-order valence-corrected chi connectivity index (χ2v) is 7.17. The molecular formula is C21H19ClN2O. The van der Waals surface area contributed by atoms with E-state index in [4.69, 9.17) is 11.6 Å². The smallest absolute Gasteiger partial charge is 0.167 e. The standard InChI is InChI=1S/C21H19ClN2O/c1-13-6-8-18(9-7-13)24-19-11-16(15-4-3-5-17(22)10-15)12-20(25)21(19)14(2)23-24/h3-10,16H,11-12H2,1-2H3/t16-/m1/s1. The first-order valence-electron chi connectivity index (χ1n) is 8.47. The topological polar surface area (TPSA) is 34.9 Å². The van der Waals surface area contributed by atoms with Crippen LogP contribution in [0.2, 0.25) is 5.02 Å². The van der Waals surface area contributed by atoms with E-state index in [0.29, 0.717) is 11.4 Å². The minimum Gasteiger partial charge on any atom is -0.294 e. The van der Waals surface area contributed by atoms with Crippen LogP contribution in [-0.2, 0) is 6.42 Å². The maximum atomic E-state index is 12.8. The molecule has 3 aromatic rings. The van der Waals surface area contributed by atoms with Crippen molar-refractivity contribution in [3.63, 3.8) is 0 Å². The number of ketones is 1. The number of carbonyl (C=O) groups is 1. The largest absolute Gasteiger partial charge is 0.294 e. The number of fused-ring (bicyclic) bond motifs is 1. The molecule has 1 aliphatic carbocycles. The SMILES string of the molecule is Cc1ccc(-n2nc(C)c3c2C[C@@H](c2cccc(Cl)c2)CC3=O)cc1. The van der Waals surface area contributed by atoms with Crippen molar-refractivity contribution in [3.05, 3.63) is 81.6 Å². The zero-order valence-corrected chi connectivity index (χ0v) is 15.0. The third-order valence-corrected chi connectivity index (χ3v) is 5.14. The zero-order valence-electron chi connectivity index (χ0n) is 14.3. The first kappa shape index (κ1) is 16.1. The lowest BCUT2D eigenvalue weighted by atomic mass is 9.81. The van der Waals surface area contributed by atoms with E-state index in [1.54, 1.807) is 0 Å². The third kappa shape index (κ3) is 2.89. The molecule has 0 radical (unpaired) electrons. The van der Waals surface area contributed by atoms with Crippen LogP contribution in [0.25, 0.3) is 5.69 Å². The van der Waals surface area contributed by atoms with Crippen LogP contribution in [0.1, 0.15) is 45.2 Å². The summed E-state index contributed by atoms with van der Waals surface area (Å²) < 4.78 is 1.93. The van der Waals surface area contributed by atoms with Gasteiger partial charge in [-0.15, -0.1) is 0 Å². The lowest BCUT2D eigenvalue weighted by Crippen LogP contribution is -2.20. The van der Waals surface area contributed by atoms with Crippen LogP contribution >= 0.6 is 11.6 Å². The molecule has 0 amide bonds. The summed E-state index contributed by atoms with van der Waals surface area (Å²) in [6.07, 6.45) is 1.30. The van der Waals surface area contributed by atoms with Gasteiger partial charge in [-0.05, 0) is 56.0 Å². The normalized spacial score (nSPS) is 16.8. The van der Waals surface area contributed by atoms with Gasteiger partial charge in [0.05, 0.1) is 22.6 Å². The molecule has 1 heterocycles. The van der Waals surface area contributed by atoms with E-state index in [1.807, 2.05) is 35.9 Å². The first-order chi connectivity index (χ1) is 12.0. The summed E-state index contributed by atoms with van der Waals surface area (Å²) in [4.78, 5) is 12.8. The summed E-state index contributed by atoms with van der Waals surface area (Å²) in [5.41, 5.74) is 5.91. The van der Waals surface area contributed by atoms with Gasteiger partial charge in [-0.1, -0.05) is 41.4 Å². The molecular weight excluding hydrogens is 332 g/mol. The van der Waals surface area contributed by atoms with Crippen LogP contribution in [0.15, 0.2) is 48.5 Å². The molecule has 0 fully saturated rings. The van der Waals surface area contributed by atoms with Gasteiger partial charge in [-0.2, -0.15) is 5.10 Å². The van der Waals surface area contributed by atoms with Crippen molar-refractivity contribution < 1.29 is 4.79 Å². The summed E-state index contributed by atoms with van der Waals surface area (Å²) in [7, 11) is 0. The molecule has 126 valence electrons. The fraction of sp³-hybridized carbons (Fsp3) is 0.238. The fourth-order valence-electron chi connectivity index (χ4n) is 3.65. The Balaban J connectivity index is 1.79. The van der Waals surface area contributed by atoms with Gasteiger partial charge < -0.3 is 0 Å². The lowest BCUT2D eigenvalue weighted by Gasteiger charge is -2.23. The molecule has 2 aromatic carbocycles. The van der Waals surface area contributed by atoms with E-state index in [-0.39, 0.29) is 11.7 Å². The predicted octanol–water partition coefficient (Wildman–Crippen LogP) is 5.06. The minimum absolute atomic E-state index is 0.138. The highest BCUT2D eigenvalue weighted by Gasteiger charge is 2.32. The number of aryl methyl sites for hydroxylation is 2. The molecule has 3 nitrogen and oxygen atoms in total. The van der Waals surface area contributed by atoms with Crippen LogP contribution in [0.4, 0.5) is 0 Å². The van der Waals surface area contributed by atoms with Crippen LogP contribution in [0.3, 0.4) is 0 Å². The molecule has 4 rings (SSSR count). The minimum atomic E-state index is 0.138. The highest BCUT2D eigenvalue weighted by Crippen LogP contribution is 2.35. The maximum Gasteiger partial charge on any atom is 0.167 e. The van der Waals surface area contributed by atoms with Crippen LogP contribution in [0.5, 0.6) is 0 Å². The quantitative estimate of drug-likeness (QED) is 0.647. The molecule has 0 saturated carbocycles. The van der Waals surface area contributed by atoms with Crippen molar-refractivity contribution in [3.8, 4) is 5.69 Å². The van der Waals surface area contributed by atoms with Crippen molar-refractivity contribution in [1.82, 2.24) is 9.78 Å². The number of benzene rings is 2. The monoisotopic (exact) mass is 350 g/mol. The molecule has 0 N–H and O–H groups in total. The van der Waals surface area contributed by atoms with Crippen LogP contribution < -0.4 is 0 Å². The summed E-state index contributed by atoms with van der Waals surface area (Å²) in [5, 5.41) is 5.37. The highest BCUT2D eigenvalue weighted by atomic mass is 35.5. The molecule has 1 aromatic heterocycles. The molecule has 25 heavy (non-hydrogen) atoms. The number of rotatable bonds is 2. The van der Waals surface area contributed by atoms with Gasteiger partial charge in [0, 0.05) is 11.4 Å². The van der Waals surface area contributed by atoms with E-state index in [2.05, 4.69) is 36.3 Å². The molecule has 0 unspecified atom stereocenters. The fourth-order valence-corrected chi connectivity index (χ4v) is 3.85. The van der Waals surface area contributed by atoms with E-state index in [1.165, 1.54) is 5.56 Å². The Morgan fingerprint density at radius 3 is 2.56 bits per heavy atom. The van der Waals surface area contributed by atoms with Crippen molar-refractivity contribution in [2.75, 3.05) is 0 Å². The number of hydrogen-bond acceptors (Lipinski definition) is 2. The molecule has 4 heteroatoms. The van der Waals surface area contributed by atoms with E-state index >= 15 is 0 Å². The summed E-state index contributed by atoms with van der Waals surface area (Å²) >= 11 is 6.14. The van der Waals surface area contributed by atoms with Gasteiger partial charge in [0.25, 0.3) is 0 Å². The Kier molecular flexibility index (Phi) is 3.97. The summed E-state index contributed by atoms with van der Waals surface area (Å²) in [6, 6.07) is 16.1. The van der Waals surface area contributed by atoms with Crippen molar-refractivity contribution in [1.29, 1.82) is 0 Å². The van der Waals surface area contributed by atoms with Gasteiger partial charge in [0.2, 0.25) is 0 Å². The van der Waals surface area contributed by atoms with Gasteiger partial charge in [0.1, 0.15) is 0 Å². The van der Waals surface area contributed by atoms with E-state index < -0.39 is 0 Å². The average Bonchev–Trinajstić information content (AvgIpc) is 2.93. The van der Waals surface area contributed by atoms with E-state index in [0.717, 1.165) is 34.6 Å². The molecule has 0 saturated heterocycles. The van der Waals surface area contributed by atoms with E-state index in [9.17, 15) is 4.79 Å². The predicted molar refractivity (Wildman–Crippen MR) is 99.9 cm³/mol. The molecule has 1 aliphatic rings. The van der Waals surface area contributed by atoms with Gasteiger partial charge in [-0.3, -0.25) is 4.79 Å². The first-order valence-corrected chi connectivity index (χ1v) is 8.85. The molecule has 0 spiro atoms. The summed E-state index contributed by atoms with van der Waals surface area (Å²) in [6.45, 7) is 3.98. The maximum absolute atomic E-state index is 12.8. The van der Waals surface area contributed by atoms with Gasteiger partial charge >= 0.3 is 0 Å². The Hall–Kier alpha value is -2.39. The van der Waals surface area contributed by atoms with Crippen molar-refractivity contribution in [2.45, 2.75) is 32.6 Å². The number of nitrogens with zero attached hydrogens (tertiary/aromatic N) is 2. The van der Waals surface area contributed by atoms with Crippen molar-refractivity contribution >= 4 is 17.4 Å². The summed E-state index contributed by atoms with van der Waals surface area (Å²) in [5.74, 6) is 0.307. The van der Waals surface area contributed by atoms with Gasteiger partial charge in [0.15, 0.2) is 5.78 Å². The Bertz CT molecular complexity index is 957. The lowest BCUT2D eigenvalue weighted by molar-refractivity contribution is 0.0963. The van der Waals surface area contributed by atoms with Crippen LogP contribution in [0, 0.1) is 13.8 Å². The second kappa shape index (κ2) is 6.16. The zero-order chi connectivity index (χ0) is 17.6. The average molecular weight is 351 g/mol. The number of halogens is 1. The Morgan fingerprint density at radius 1 is 1.08 bits per heavy atom. The Morgan fingerprint density at radius 2 is 1.84 bits per heavy atom. The van der Waals surface area contributed by atoms with Crippen molar-refractivity contribution in [2.24, 2.45) is 0 Å². The molecule has 1 atom stereocenters.